The molecule has 0 saturated carbocycles. The Labute approximate surface area is 278 Å². The summed E-state index contributed by atoms with van der Waals surface area (Å²) in [6.07, 6.45) is 4.65. The van der Waals surface area contributed by atoms with Crippen LogP contribution in [0, 0.1) is 0 Å². The summed E-state index contributed by atoms with van der Waals surface area (Å²) in [6, 6.07) is 24.2. The minimum absolute atomic E-state index is 0.0966. The van der Waals surface area contributed by atoms with Gasteiger partial charge in [-0.05, 0) is 54.6 Å². The van der Waals surface area contributed by atoms with E-state index in [0.717, 1.165) is 0 Å². The predicted molar refractivity (Wildman–Crippen MR) is 185 cm³/mol. The highest BCUT2D eigenvalue weighted by molar-refractivity contribution is 6.03. The molecule has 0 aliphatic carbocycles. The van der Waals surface area contributed by atoms with Gasteiger partial charge in [0.1, 0.15) is 17.2 Å². The van der Waals surface area contributed by atoms with Crippen LogP contribution in [-0.2, 0) is 0 Å². The van der Waals surface area contributed by atoms with E-state index in [0.29, 0.717) is 56.0 Å². The molecule has 0 fully saturated rings. The first-order valence-electron chi connectivity index (χ1n) is 15.1. The van der Waals surface area contributed by atoms with Crippen LogP contribution in [0.4, 0.5) is 0 Å². The normalized spacial score (nSPS) is 11.3. The maximum Gasteiger partial charge on any atom is 0.343 e. The number of nitrogens with zero attached hydrogens (tertiary/aromatic N) is 3. The lowest BCUT2D eigenvalue weighted by Crippen LogP contribution is -2.17. The van der Waals surface area contributed by atoms with Gasteiger partial charge >= 0.3 is 17.9 Å². The average molecular weight is 649 g/mol. The summed E-state index contributed by atoms with van der Waals surface area (Å²) in [5.41, 5.74) is 17.9. The average Bonchev–Trinajstić information content (AvgIpc) is 3.10. The smallest absolute Gasteiger partial charge is 0.343 e. The minimum atomic E-state index is -0.831. The van der Waals surface area contributed by atoms with Crippen molar-refractivity contribution < 1.29 is 28.6 Å². The predicted octanol–water partition coefficient (Wildman–Crippen LogP) is 3.48. The highest BCUT2D eigenvalue weighted by Crippen LogP contribution is 2.23. The number of hydrogen-bond donors (Lipinski definition) is 3. The number of carbonyl (C=O) groups is 3. The molecule has 0 atom stereocenters. The van der Waals surface area contributed by atoms with Crippen molar-refractivity contribution in [1.82, 2.24) is 0 Å². The Kier molecular flexibility index (Phi) is 13.4. The monoisotopic (exact) mass is 648 g/mol. The fraction of sp³-hybridized carbons (Fsp3) is 0.167. The molecule has 246 valence electrons. The lowest BCUT2D eigenvalue weighted by molar-refractivity contribution is 0.0734. The first-order chi connectivity index (χ1) is 23.4. The molecular weight excluding hydrogens is 612 g/mol. The second-order valence-corrected chi connectivity index (χ2v) is 10.1. The minimum Gasteiger partial charge on any atom is -0.422 e. The van der Waals surface area contributed by atoms with Gasteiger partial charge < -0.3 is 31.4 Å². The molecule has 0 unspecified atom stereocenters. The summed E-state index contributed by atoms with van der Waals surface area (Å²) < 4.78 is 17.1. The lowest BCUT2D eigenvalue weighted by atomic mass is 10.1. The molecule has 12 heteroatoms. The number of para-hydroxylation sites is 3. The molecule has 0 saturated heterocycles. The van der Waals surface area contributed by atoms with Crippen molar-refractivity contribution in [1.29, 1.82) is 0 Å². The van der Waals surface area contributed by atoms with E-state index in [9.17, 15) is 14.4 Å². The molecule has 6 N–H and O–H groups in total. The van der Waals surface area contributed by atoms with Gasteiger partial charge in [-0.1, -0.05) is 36.4 Å². The second kappa shape index (κ2) is 18.4. The van der Waals surface area contributed by atoms with Gasteiger partial charge in [-0.15, -0.1) is 0 Å². The fourth-order valence-electron chi connectivity index (χ4n) is 4.21. The second-order valence-electron chi connectivity index (χ2n) is 10.1. The molecule has 0 aromatic heterocycles. The van der Waals surface area contributed by atoms with Gasteiger partial charge in [-0.2, -0.15) is 0 Å². The van der Waals surface area contributed by atoms with Crippen molar-refractivity contribution >= 4 is 36.6 Å². The van der Waals surface area contributed by atoms with E-state index < -0.39 is 17.9 Å². The molecule has 0 aliphatic rings. The summed E-state index contributed by atoms with van der Waals surface area (Å²) >= 11 is 0. The SMILES string of the molecule is NCCN=Cc1ccccc1OC(=O)c1cc(C(=O)Oc2ccccc2C=NCCN)cc(C(=O)Oc2ccccc2C=NCCN)c1. The van der Waals surface area contributed by atoms with Gasteiger partial charge in [0.05, 0.1) is 36.3 Å². The van der Waals surface area contributed by atoms with Crippen LogP contribution in [0.5, 0.6) is 17.2 Å². The van der Waals surface area contributed by atoms with Gasteiger partial charge in [0.25, 0.3) is 0 Å². The Morgan fingerprint density at radius 3 is 1.02 bits per heavy atom. The summed E-state index contributed by atoms with van der Waals surface area (Å²) in [4.78, 5) is 53.2. The standard InChI is InChI=1S/C36H36N6O6/c37-13-16-40-22-25-7-1-4-10-31(25)46-34(43)28-19-29(35(44)47-32-11-5-2-8-26(32)23-41-17-14-38)21-30(20-28)36(45)48-33-12-6-3-9-27(33)24-42-18-15-39/h1-12,19-24H,13-18,37-39H2. The molecule has 0 heterocycles. The van der Waals surface area contributed by atoms with Crippen molar-refractivity contribution in [2.24, 2.45) is 32.2 Å². The van der Waals surface area contributed by atoms with E-state index in [4.69, 9.17) is 31.4 Å². The Morgan fingerprint density at radius 2 is 0.750 bits per heavy atom. The fourth-order valence-corrected chi connectivity index (χ4v) is 4.21. The van der Waals surface area contributed by atoms with Gasteiger partial charge in [-0.25, -0.2) is 14.4 Å². The van der Waals surface area contributed by atoms with Crippen molar-refractivity contribution in [3.63, 3.8) is 0 Å². The molecular formula is C36H36N6O6. The maximum atomic E-state index is 13.5. The quantitative estimate of drug-likeness (QED) is 0.0983. The summed E-state index contributed by atoms with van der Waals surface area (Å²) in [5, 5.41) is 0. The van der Waals surface area contributed by atoms with Crippen molar-refractivity contribution in [3.05, 3.63) is 124 Å². The molecule has 4 rings (SSSR count). The number of aliphatic imine (C=N–C) groups is 3. The Bertz CT molecular complexity index is 1600. The lowest BCUT2D eigenvalue weighted by Gasteiger charge is -2.12. The van der Waals surface area contributed by atoms with Crippen molar-refractivity contribution in [2.45, 2.75) is 0 Å². The van der Waals surface area contributed by atoms with E-state index in [1.807, 2.05) is 0 Å². The van der Waals surface area contributed by atoms with Gasteiger partial charge in [-0.3, -0.25) is 15.0 Å². The molecule has 12 nitrogen and oxygen atoms in total. The van der Waals surface area contributed by atoms with Crippen LogP contribution in [0.1, 0.15) is 47.8 Å². The molecule has 0 bridgehead atoms. The van der Waals surface area contributed by atoms with Crippen LogP contribution in [0.3, 0.4) is 0 Å². The largest absolute Gasteiger partial charge is 0.422 e. The maximum absolute atomic E-state index is 13.5. The summed E-state index contributed by atoms with van der Waals surface area (Å²) in [6.45, 7) is 2.24. The van der Waals surface area contributed by atoms with Crippen LogP contribution >= 0.6 is 0 Å². The topological polar surface area (TPSA) is 194 Å². The zero-order chi connectivity index (χ0) is 34.1. The molecule has 48 heavy (non-hydrogen) atoms. The number of hydrogen-bond acceptors (Lipinski definition) is 12. The van der Waals surface area contributed by atoms with Crippen molar-refractivity contribution in [2.75, 3.05) is 39.3 Å². The number of nitrogens with two attached hydrogens (primary N) is 3. The number of rotatable bonds is 15. The number of esters is 3. The zero-order valence-electron chi connectivity index (χ0n) is 26.2. The van der Waals surface area contributed by atoms with Gasteiger partial charge in [0, 0.05) is 55.0 Å². The van der Waals surface area contributed by atoms with Gasteiger partial charge in [0.15, 0.2) is 0 Å². The first-order valence-corrected chi connectivity index (χ1v) is 15.1. The number of ether oxygens (including phenoxy) is 3. The summed E-state index contributed by atoms with van der Waals surface area (Å²) in [5.74, 6) is -1.84. The molecule has 0 spiro atoms. The summed E-state index contributed by atoms with van der Waals surface area (Å²) in [7, 11) is 0. The van der Waals surface area contributed by atoms with E-state index in [-0.39, 0.29) is 33.9 Å². The third-order valence-corrected chi connectivity index (χ3v) is 6.47. The van der Waals surface area contributed by atoms with Crippen LogP contribution in [0.2, 0.25) is 0 Å². The molecule has 0 amide bonds. The Balaban J connectivity index is 1.70. The van der Waals surface area contributed by atoms with Crippen LogP contribution < -0.4 is 31.4 Å². The first kappa shape index (κ1) is 35.0. The van der Waals surface area contributed by atoms with E-state index in [2.05, 4.69) is 15.0 Å². The molecule has 4 aromatic rings. The van der Waals surface area contributed by atoms with Crippen LogP contribution in [0.25, 0.3) is 0 Å². The third kappa shape index (κ3) is 10.1. The Morgan fingerprint density at radius 1 is 0.479 bits per heavy atom. The molecule has 4 aromatic carbocycles. The van der Waals surface area contributed by atoms with Crippen LogP contribution in [0.15, 0.2) is 106 Å². The third-order valence-electron chi connectivity index (χ3n) is 6.47. The zero-order valence-corrected chi connectivity index (χ0v) is 26.2. The highest BCUT2D eigenvalue weighted by atomic mass is 16.5. The van der Waals surface area contributed by atoms with Crippen LogP contribution in [-0.4, -0.2) is 75.8 Å². The highest BCUT2D eigenvalue weighted by Gasteiger charge is 2.22. The number of benzene rings is 4. The number of carbonyl (C=O) groups excluding carboxylic acids is 3. The van der Waals surface area contributed by atoms with E-state index >= 15 is 0 Å². The van der Waals surface area contributed by atoms with E-state index in [1.54, 1.807) is 91.4 Å². The molecule has 0 radical (unpaired) electrons. The van der Waals surface area contributed by atoms with Gasteiger partial charge in [0.2, 0.25) is 0 Å². The molecule has 0 aliphatic heterocycles. The van der Waals surface area contributed by atoms with E-state index in [1.165, 1.54) is 18.2 Å². The Hall–Kier alpha value is -5.82. The van der Waals surface area contributed by atoms with Crippen molar-refractivity contribution in [3.8, 4) is 17.2 Å².